The Labute approximate surface area is 162 Å². The second kappa shape index (κ2) is 7.69. The van der Waals surface area contributed by atoms with Crippen LogP contribution in [0, 0.1) is 6.92 Å². The summed E-state index contributed by atoms with van der Waals surface area (Å²) in [5.74, 6) is 1.88. The molecule has 0 spiro atoms. The summed E-state index contributed by atoms with van der Waals surface area (Å²) < 4.78 is 14.9. The number of aromatic nitrogens is 5. The zero-order valence-corrected chi connectivity index (χ0v) is 16.1. The van der Waals surface area contributed by atoms with E-state index < -0.39 is 0 Å². The van der Waals surface area contributed by atoms with Crippen LogP contribution < -0.4 is 10.1 Å². The van der Waals surface area contributed by atoms with Crippen molar-refractivity contribution >= 4 is 0 Å². The molecule has 144 valence electrons. The minimum Gasteiger partial charge on any atom is -0.497 e. The van der Waals surface area contributed by atoms with Crippen LogP contribution in [0.25, 0.3) is 17.3 Å². The van der Waals surface area contributed by atoms with E-state index in [0.29, 0.717) is 24.9 Å². The third-order valence-corrected chi connectivity index (χ3v) is 4.62. The fraction of sp³-hybridized carbons (Fsp3) is 0.250. The normalized spacial score (nSPS) is 11.1. The summed E-state index contributed by atoms with van der Waals surface area (Å²) in [6.07, 6.45) is 3.81. The third kappa shape index (κ3) is 3.67. The highest BCUT2D eigenvalue weighted by atomic mass is 16.5. The van der Waals surface area contributed by atoms with E-state index >= 15 is 0 Å². The van der Waals surface area contributed by atoms with Gasteiger partial charge in [-0.05, 0) is 31.2 Å². The monoisotopic (exact) mass is 378 g/mol. The quantitative estimate of drug-likeness (QED) is 0.532. The molecule has 4 rings (SSSR count). The van der Waals surface area contributed by atoms with Crippen LogP contribution in [-0.2, 0) is 20.1 Å². The average Bonchev–Trinajstić information content (AvgIpc) is 3.44. The molecule has 8 nitrogen and oxygen atoms in total. The molecule has 1 aromatic carbocycles. The van der Waals surface area contributed by atoms with Crippen LogP contribution in [0.3, 0.4) is 0 Å². The first-order valence-electron chi connectivity index (χ1n) is 8.98. The summed E-state index contributed by atoms with van der Waals surface area (Å²) in [5, 5.41) is 16.0. The molecule has 0 aliphatic carbocycles. The maximum atomic E-state index is 5.76. The van der Waals surface area contributed by atoms with Crippen molar-refractivity contribution in [3.63, 3.8) is 0 Å². The summed E-state index contributed by atoms with van der Waals surface area (Å²) in [5.41, 5.74) is 4.06. The van der Waals surface area contributed by atoms with Crippen molar-refractivity contribution in [3.8, 4) is 23.0 Å². The van der Waals surface area contributed by atoms with E-state index in [1.165, 1.54) is 0 Å². The molecule has 0 aliphatic rings. The Morgan fingerprint density at radius 2 is 2.04 bits per heavy atom. The molecule has 4 aromatic rings. The number of nitrogens with one attached hydrogen (secondary N) is 1. The van der Waals surface area contributed by atoms with Crippen molar-refractivity contribution in [2.45, 2.75) is 20.0 Å². The molecule has 3 heterocycles. The second-order valence-electron chi connectivity index (χ2n) is 6.52. The fourth-order valence-electron chi connectivity index (χ4n) is 2.92. The van der Waals surface area contributed by atoms with Crippen LogP contribution in [0.15, 0.2) is 53.2 Å². The highest BCUT2D eigenvalue weighted by Crippen LogP contribution is 2.20. The Morgan fingerprint density at radius 3 is 2.82 bits per heavy atom. The molecule has 0 radical (unpaired) electrons. The smallest absolute Gasteiger partial charge is 0.264 e. The molecule has 0 bridgehead atoms. The van der Waals surface area contributed by atoms with Gasteiger partial charge in [-0.2, -0.15) is 5.10 Å². The predicted molar refractivity (Wildman–Crippen MR) is 104 cm³/mol. The number of hydrogen-bond acceptors (Lipinski definition) is 6. The molecule has 0 fully saturated rings. The van der Waals surface area contributed by atoms with E-state index in [0.717, 1.165) is 28.4 Å². The van der Waals surface area contributed by atoms with Crippen molar-refractivity contribution in [1.82, 2.24) is 29.9 Å². The van der Waals surface area contributed by atoms with Gasteiger partial charge in [-0.25, -0.2) is 4.68 Å². The first kappa shape index (κ1) is 18.0. The van der Waals surface area contributed by atoms with Gasteiger partial charge in [0.2, 0.25) is 5.89 Å². The third-order valence-electron chi connectivity index (χ3n) is 4.62. The zero-order valence-electron chi connectivity index (χ0n) is 16.1. The lowest BCUT2D eigenvalue weighted by atomic mass is 10.3. The largest absolute Gasteiger partial charge is 0.497 e. The van der Waals surface area contributed by atoms with Crippen LogP contribution in [0.2, 0.25) is 0 Å². The highest BCUT2D eigenvalue weighted by molar-refractivity contribution is 5.48. The van der Waals surface area contributed by atoms with Gasteiger partial charge in [-0.3, -0.25) is 0 Å². The minimum atomic E-state index is 0.487. The van der Waals surface area contributed by atoms with Gasteiger partial charge in [0.1, 0.15) is 11.4 Å². The van der Waals surface area contributed by atoms with Crippen LogP contribution in [0.1, 0.15) is 17.1 Å². The molecule has 0 saturated heterocycles. The Hall–Kier alpha value is -3.39. The number of rotatable bonds is 7. The lowest BCUT2D eigenvalue weighted by molar-refractivity contribution is 0.414. The van der Waals surface area contributed by atoms with E-state index in [1.54, 1.807) is 7.11 Å². The Kier molecular flexibility index (Phi) is 4.94. The Morgan fingerprint density at radius 1 is 1.14 bits per heavy atom. The zero-order chi connectivity index (χ0) is 19.5. The number of hydrogen-bond donors (Lipinski definition) is 1. The first-order chi connectivity index (χ1) is 13.6. The van der Waals surface area contributed by atoms with Gasteiger partial charge >= 0.3 is 0 Å². The summed E-state index contributed by atoms with van der Waals surface area (Å²) >= 11 is 0. The summed E-state index contributed by atoms with van der Waals surface area (Å²) in [7, 11) is 3.63. The summed E-state index contributed by atoms with van der Waals surface area (Å²) in [4.78, 5) is 0. The van der Waals surface area contributed by atoms with E-state index in [-0.39, 0.29) is 0 Å². The maximum absolute atomic E-state index is 5.76. The van der Waals surface area contributed by atoms with E-state index in [9.17, 15) is 0 Å². The molecular formula is C20H22N6O2. The molecule has 0 amide bonds. The molecule has 0 saturated carbocycles. The fourth-order valence-corrected chi connectivity index (χ4v) is 2.92. The van der Waals surface area contributed by atoms with Crippen molar-refractivity contribution in [3.05, 3.63) is 65.9 Å². The van der Waals surface area contributed by atoms with Gasteiger partial charge in [0.25, 0.3) is 5.89 Å². The van der Waals surface area contributed by atoms with Gasteiger partial charge in [0.15, 0.2) is 0 Å². The molecular weight excluding hydrogens is 356 g/mol. The van der Waals surface area contributed by atoms with Crippen molar-refractivity contribution in [2.24, 2.45) is 7.05 Å². The van der Waals surface area contributed by atoms with Gasteiger partial charge < -0.3 is 19.0 Å². The molecule has 28 heavy (non-hydrogen) atoms. The number of aryl methyl sites for hydroxylation is 1. The lowest BCUT2D eigenvalue weighted by Gasteiger charge is -2.04. The maximum Gasteiger partial charge on any atom is 0.264 e. The van der Waals surface area contributed by atoms with Crippen molar-refractivity contribution < 1.29 is 9.15 Å². The molecule has 0 atom stereocenters. The predicted octanol–water partition coefficient (Wildman–Crippen LogP) is 2.87. The van der Waals surface area contributed by atoms with E-state index in [4.69, 9.17) is 9.15 Å². The van der Waals surface area contributed by atoms with Crippen molar-refractivity contribution in [1.29, 1.82) is 0 Å². The first-order valence-corrected chi connectivity index (χ1v) is 8.98. The van der Waals surface area contributed by atoms with E-state index in [1.807, 2.05) is 72.0 Å². The van der Waals surface area contributed by atoms with Crippen LogP contribution >= 0.6 is 0 Å². The molecule has 8 heteroatoms. The van der Waals surface area contributed by atoms with Gasteiger partial charge in [0, 0.05) is 37.1 Å². The minimum absolute atomic E-state index is 0.487. The Bertz CT molecular complexity index is 1080. The van der Waals surface area contributed by atoms with Crippen LogP contribution in [0.5, 0.6) is 5.75 Å². The summed E-state index contributed by atoms with van der Waals surface area (Å²) in [6.45, 7) is 3.17. The standard InChI is InChI=1S/C20H22N6O2/c1-14-7-8-18(25(14)2)20-24-23-19(28-20)12-21-10-15-11-22-26(13-15)16-5-4-6-17(9-16)27-3/h4-9,11,13,21H,10,12H2,1-3H3. The van der Waals surface area contributed by atoms with E-state index in [2.05, 4.69) is 20.6 Å². The molecule has 1 N–H and O–H groups in total. The van der Waals surface area contributed by atoms with Crippen molar-refractivity contribution in [2.75, 3.05) is 7.11 Å². The van der Waals surface area contributed by atoms with Gasteiger partial charge in [-0.1, -0.05) is 6.07 Å². The average molecular weight is 378 g/mol. The Balaban J connectivity index is 1.36. The topological polar surface area (TPSA) is 82.9 Å². The molecule has 0 aliphatic heterocycles. The lowest BCUT2D eigenvalue weighted by Crippen LogP contribution is -2.12. The number of benzene rings is 1. The molecule has 3 aromatic heterocycles. The number of methoxy groups -OCH3 is 1. The van der Waals surface area contributed by atoms with Crippen LogP contribution in [0.4, 0.5) is 0 Å². The van der Waals surface area contributed by atoms with Gasteiger partial charge in [0.05, 0.1) is 25.5 Å². The number of ether oxygens (including phenoxy) is 1. The SMILES string of the molecule is COc1cccc(-n2cc(CNCc3nnc(-c4ccc(C)n4C)o3)cn2)c1. The summed E-state index contributed by atoms with van der Waals surface area (Å²) in [6, 6.07) is 11.8. The molecule has 0 unspecified atom stereocenters. The highest BCUT2D eigenvalue weighted by Gasteiger charge is 2.12. The second-order valence-corrected chi connectivity index (χ2v) is 6.52. The van der Waals surface area contributed by atoms with Gasteiger partial charge in [-0.15, -0.1) is 10.2 Å². The number of nitrogens with zero attached hydrogens (tertiary/aromatic N) is 5. The van der Waals surface area contributed by atoms with Crippen LogP contribution in [-0.4, -0.2) is 31.7 Å².